The number of thioether (sulfide) groups is 1. The Hall–Kier alpha value is -2.53. The molecule has 2 aromatic carbocycles. The number of carbonyl (C=O) groups excluding carboxylic acids is 1. The standard InChI is InChI=1S/C16H14F2N2O5S2/c1-10(26-12-8-6-11(7-9-12)20(22)23)15(21)19-13-4-2-3-5-14(13)27(24,25)16(17)18/h2-10,16H,1H3,(H,19,21). The largest absolute Gasteiger partial charge is 0.341 e. The number of rotatable bonds is 7. The van der Waals surface area contributed by atoms with Crippen LogP contribution in [0.5, 0.6) is 0 Å². The third-order valence-electron chi connectivity index (χ3n) is 3.42. The molecular weight excluding hydrogens is 402 g/mol. The highest BCUT2D eigenvalue weighted by Gasteiger charge is 2.30. The van der Waals surface area contributed by atoms with Crippen molar-refractivity contribution in [3.05, 3.63) is 58.6 Å². The summed E-state index contributed by atoms with van der Waals surface area (Å²) in [6.45, 7) is 1.53. The zero-order valence-corrected chi connectivity index (χ0v) is 15.5. The number of nitrogens with one attached hydrogen (secondary N) is 1. The minimum atomic E-state index is -4.87. The number of nitro groups is 1. The van der Waals surface area contributed by atoms with Gasteiger partial charge in [-0.15, -0.1) is 11.8 Å². The number of alkyl halides is 2. The highest BCUT2D eigenvalue weighted by Crippen LogP contribution is 2.29. The Labute approximate surface area is 157 Å². The Morgan fingerprint density at radius 3 is 2.30 bits per heavy atom. The lowest BCUT2D eigenvalue weighted by molar-refractivity contribution is -0.384. The van der Waals surface area contributed by atoms with E-state index in [9.17, 15) is 32.1 Å². The van der Waals surface area contributed by atoms with Crippen molar-refractivity contribution < 1.29 is 26.9 Å². The van der Waals surface area contributed by atoms with Crippen LogP contribution < -0.4 is 5.32 Å². The zero-order valence-electron chi connectivity index (χ0n) is 13.8. The molecule has 27 heavy (non-hydrogen) atoms. The molecule has 0 heterocycles. The van der Waals surface area contributed by atoms with Crippen molar-refractivity contribution in [1.82, 2.24) is 0 Å². The number of halogens is 2. The van der Waals surface area contributed by atoms with E-state index in [0.29, 0.717) is 4.90 Å². The van der Waals surface area contributed by atoms with Gasteiger partial charge in [0.1, 0.15) is 0 Å². The number of para-hydroxylation sites is 1. The second-order valence-electron chi connectivity index (χ2n) is 5.30. The fourth-order valence-corrected chi connectivity index (χ4v) is 3.81. The van der Waals surface area contributed by atoms with Crippen LogP contribution in [0, 0.1) is 10.1 Å². The van der Waals surface area contributed by atoms with Crippen molar-refractivity contribution in [3.8, 4) is 0 Å². The molecule has 11 heteroatoms. The van der Waals surface area contributed by atoms with E-state index in [0.717, 1.165) is 17.8 Å². The summed E-state index contributed by atoms with van der Waals surface area (Å²) in [5, 5.41) is 12.3. The number of nitro benzene ring substituents is 1. The van der Waals surface area contributed by atoms with E-state index in [2.05, 4.69) is 5.32 Å². The monoisotopic (exact) mass is 416 g/mol. The average Bonchev–Trinajstić information content (AvgIpc) is 2.62. The first-order chi connectivity index (χ1) is 12.6. The third kappa shape index (κ3) is 5.01. The van der Waals surface area contributed by atoms with Crippen LogP contribution in [0.1, 0.15) is 6.92 Å². The SMILES string of the molecule is CC(Sc1ccc([N+](=O)[O-])cc1)C(=O)Nc1ccccc1S(=O)(=O)C(F)F. The fourth-order valence-electron chi connectivity index (χ4n) is 2.05. The van der Waals surface area contributed by atoms with E-state index in [1.54, 1.807) is 0 Å². The number of hydrogen-bond donors (Lipinski definition) is 1. The van der Waals surface area contributed by atoms with Crippen LogP contribution in [0.25, 0.3) is 0 Å². The van der Waals surface area contributed by atoms with Crippen LogP contribution in [0.4, 0.5) is 20.2 Å². The van der Waals surface area contributed by atoms with Gasteiger partial charge in [-0.05, 0) is 31.2 Å². The molecule has 144 valence electrons. The molecule has 2 rings (SSSR count). The molecule has 2 aromatic rings. The molecule has 0 radical (unpaired) electrons. The summed E-state index contributed by atoms with van der Waals surface area (Å²) in [5.41, 5.74) is -0.332. The molecule has 0 saturated carbocycles. The number of benzene rings is 2. The molecule has 7 nitrogen and oxygen atoms in total. The summed E-state index contributed by atoms with van der Waals surface area (Å²) in [4.78, 5) is 22.3. The molecule has 1 atom stereocenters. The molecule has 0 saturated heterocycles. The Kier molecular flexibility index (Phi) is 6.50. The Bertz CT molecular complexity index is 950. The smallest absolute Gasteiger partial charge is 0.324 e. The quantitative estimate of drug-likeness (QED) is 0.419. The highest BCUT2D eigenvalue weighted by atomic mass is 32.2. The number of anilines is 1. The van der Waals surface area contributed by atoms with Crippen molar-refractivity contribution in [2.24, 2.45) is 0 Å². The first-order valence-electron chi connectivity index (χ1n) is 7.46. The lowest BCUT2D eigenvalue weighted by atomic mass is 10.3. The van der Waals surface area contributed by atoms with Crippen molar-refractivity contribution in [2.75, 3.05) is 5.32 Å². The summed E-state index contributed by atoms with van der Waals surface area (Å²) in [5.74, 6) is -4.21. The van der Waals surface area contributed by atoms with Gasteiger partial charge in [0.05, 0.1) is 20.8 Å². The van der Waals surface area contributed by atoms with Gasteiger partial charge in [-0.1, -0.05) is 12.1 Å². The van der Waals surface area contributed by atoms with Crippen molar-refractivity contribution in [3.63, 3.8) is 0 Å². The normalized spacial score (nSPS) is 12.6. The van der Waals surface area contributed by atoms with Crippen molar-refractivity contribution in [2.45, 2.75) is 27.7 Å². The van der Waals surface area contributed by atoms with Crippen LogP contribution in [-0.2, 0) is 14.6 Å². The second-order valence-corrected chi connectivity index (χ2v) is 8.60. The van der Waals surface area contributed by atoms with Crippen LogP contribution in [0.3, 0.4) is 0 Å². The van der Waals surface area contributed by atoms with Gasteiger partial charge in [-0.2, -0.15) is 8.78 Å². The number of non-ortho nitro benzene ring substituents is 1. The molecule has 0 aliphatic rings. The summed E-state index contributed by atoms with van der Waals surface area (Å²) in [6.07, 6.45) is 0. The number of carbonyl (C=O) groups is 1. The third-order valence-corrected chi connectivity index (χ3v) is 5.97. The second kappa shape index (κ2) is 8.44. The Morgan fingerprint density at radius 1 is 1.15 bits per heavy atom. The predicted octanol–water partition coefficient (Wildman–Crippen LogP) is 3.71. The van der Waals surface area contributed by atoms with Crippen LogP contribution in [0.15, 0.2) is 58.3 Å². The maximum atomic E-state index is 12.8. The summed E-state index contributed by atoms with van der Waals surface area (Å²) in [6, 6.07) is 10.4. The maximum Gasteiger partial charge on any atom is 0.341 e. The molecule has 1 N–H and O–H groups in total. The van der Waals surface area contributed by atoms with Crippen LogP contribution in [0.2, 0.25) is 0 Å². The van der Waals surface area contributed by atoms with E-state index in [1.165, 1.54) is 49.4 Å². The maximum absolute atomic E-state index is 12.8. The van der Waals surface area contributed by atoms with E-state index in [-0.39, 0.29) is 11.4 Å². The molecule has 0 fully saturated rings. The number of hydrogen-bond acceptors (Lipinski definition) is 6. The highest BCUT2D eigenvalue weighted by molar-refractivity contribution is 8.00. The number of sulfone groups is 1. The fraction of sp³-hybridized carbons (Fsp3) is 0.188. The van der Waals surface area contributed by atoms with Gasteiger partial charge in [0.15, 0.2) is 0 Å². The van der Waals surface area contributed by atoms with Gasteiger partial charge in [-0.25, -0.2) is 8.42 Å². The molecular formula is C16H14F2N2O5S2. The van der Waals surface area contributed by atoms with Gasteiger partial charge >= 0.3 is 5.76 Å². The molecule has 0 spiro atoms. The van der Waals surface area contributed by atoms with Gasteiger partial charge < -0.3 is 5.32 Å². The predicted molar refractivity (Wildman–Crippen MR) is 96.7 cm³/mol. The van der Waals surface area contributed by atoms with Gasteiger partial charge in [0.25, 0.3) is 5.69 Å². The van der Waals surface area contributed by atoms with E-state index in [1.807, 2.05) is 0 Å². The molecule has 1 amide bonds. The van der Waals surface area contributed by atoms with Crippen LogP contribution >= 0.6 is 11.8 Å². The van der Waals surface area contributed by atoms with Gasteiger partial charge in [0.2, 0.25) is 15.7 Å². The molecule has 0 bridgehead atoms. The summed E-state index contributed by atoms with van der Waals surface area (Å²) in [7, 11) is -4.87. The van der Waals surface area contributed by atoms with Gasteiger partial charge in [0, 0.05) is 17.0 Å². The van der Waals surface area contributed by atoms with E-state index in [4.69, 9.17) is 0 Å². The first-order valence-corrected chi connectivity index (χ1v) is 9.88. The molecule has 0 aromatic heterocycles. The lowest BCUT2D eigenvalue weighted by Crippen LogP contribution is -2.24. The molecule has 1 unspecified atom stereocenters. The molecule has 0 aliphatic carbocycles. The summed E-state index contributed by atoms with van der Waals surface area (Å²) < 4.78 is 49.0. The topological polar surface area (TPSA) is 106 Å². The number of nitrogens with zero attached hydrogens (tertiary/aromatic N) is 1. The Morgan fingerprint density at radius 2 is 1.74 bits per heavy atom. The van der Waals surface area contributed by atoms with E-state index < -0.39 is 36.6 Å². The van der Waals surface area contributed by atoms with Crippen LogP contribution in [-0.4, -0.2) is 30.3 Å². The van der Waals surface area contributed by atoms with Gasteiger partial charge in [-0.3, -0.25) is 14.9 Å². The lowest BCUT2D eigenvalue weighted by Gasteiger charge is -2.14. The number of amides is 1. The Balaban J connectivity index is 2.14. The first kappa shape index (κ1) is 20.8. The summed E-state index contributed by atoms with van der Waals surface area (Å²) >= 11 is 1.08. The molecule has 0 aliphatic heterocycles. The van der Waals surface area contributed by atoms with Crippen molar-refractivity contribution in [1.29, 1.82) is 0 Å². The zero-order chi connectivity index (χ0) is 20.2. The average molecular weight is 416 g/mol. The minimum absolute atomic E-state index is 0.0948. The van der Waals surface area contributed by atoms with E-state index >= 15 is 0 Å². The minimum Gasteiger partial charge on any atom is -0.324 e. The van der Waals surface area contributed by atoms with Crippen molar-refractivity contribution >= 4 is 38.9 Å².